The predicted octanol–water partition coefficient (Wildman–Crippen LogP) is 0.986. The van der Waals surface area contributed by atoms with Crippen LogP contribution in [0.5, 0.6) is 11.5 Å². The molecule has 130 valence electrons. The van der Waals surface area contributed by atoms with Gasteiger partial charge in [0, 0.05) is 12.1 Å². The average molecular weight is 344 g/mol. The number of aryl methyl sites for hydroxylation is 1. The molecule has 0 aliphatic carbocycles. The van der Waals surface area contributed by atoms with Crippen LogP contribution in [0.15, 0.2) is 28.4 Å². The molecule has 0 atom stereocenters. The summed E-state index contributed by atoms with van der Waals surface area (Å²) in [4.78, 5) is 11.4. The monoisotopic (exact) mass is 344 g/mol. The summed E-state index contributed by atoms with van der Waals surface area (Å²) in [5.41, 5.74) is 6.16. The van der Waals surface area contributed by atoms with Crippen molar-refractivity contribution in [3.05, 3.63) is 45.9 Å². The van der Waals surface area contributed by atoms with E-state index in [2.05, 4.69) is 9.79 Å². The Morgan fingerprint density at radius 2 is 2.24 bits per heavy atom. The van der Waals surface area contributed by atoms with Gasteiger partial charge in [-0.1, -0.05) is 6.07 Å². The van der Waals surface area contributed by atoms with Crippen LogP contribution in [0.3, 0.4) is 0 Å². The number of carbonyl (C=O) groups excluding carboxylic acids is 1. The molecule has 2 rings (SSSR count). The van der Waals surface area contributed by atoms with E-state index in [9.17, 15) is 10.0 Å². The molecule has 0 aliphatic heterocycles. The number of nitrogens with two attached hydrogens (primary N) is 1. The van der Waals surface area contributed by atoms with Crippen molar-refractivity contribution in [2.75, 3.05) is 6.61 Å². The maximum Gasteiger partial charge on any atom is 0.259 e. The molecule has 0 fully saturated rings. The first-order chi connectivity index (χ1) is 12.0. The van der Waals surface area contributed by atoms with E-state index in [1.807, 2.05) is 0 Å². The number of primary amides is 1. The van der Waals surface area contributed by atoms with E-state index in [4.69, 9.17) is 20.5 Å². The zero-order valence-electron chi connectivity index (χ0n) is 13.7. The van der Waals surface area contributed by atoms with Crippen molar-refractivity contribution in [3.8, 4) is 17.6 Å². The molecule has 2 N–H and O–H groups in total. The van der Waals surface area contributed by atoms with Gasteiger partial charge >= 0.3 is 0 Å². The van der Waals surface area contributed by atoms with E-state index in [0.717, 1.165) is 0 Å². The number of hydrogen-bond acceptors (Lipinski definition) is 7. The van der Waals surface area contributed by atoms with Crippen LogP contribution in [0.25, 0.3) is 6.08 Å². The Hall–Kier alpha value is -3.54. The van der Waals surface area contributed by atoms with E-state index in [0.29, 0.717) is 29.4 Å². The lowest BCUT2D eigenvalue weighted by molar-refractivity contribution is -0.808. The highest BCUT2D eigenvalue weighted by Crippen LogP contribution is 2.30. The molecule has 0 unspecified atom stereocenters. The van der Waals surface area contributed by atoms with Crippen LogP contribution in [-0.2, 0) is 11.4 Å². The number of benzene rings is 1. The minimum absolute atomic E-state index is 0.0567. The Morgan fingerprint density at radius 3 is 2.80 bits per heavy atom. The van der Waals surface area contributed by atoms with Crippen LogP contribution >= 0.6 is 0 Å². The van der Waals surface area contributed by atoms with Gasteiger partial charge in [-0.2, -0.15) is 5.26 Å². The molecule has 25 heavy (non-hydrogen) atoms. The Balaban J connectivity index is 2.27. The minimum atomic E-state index is -0.816. The summed E-state index contributed by atoms with van der Waals surface area (Å²) in [6.45, 7) is 3.74. The molecular formula is C16H16N4O5. The summed E-state index contributed by atoms with van der Waals surface area (Å²) >= 11 is 0. The average Bonchev–Trinajstić information content (AvgIpc) is 2.90. The number of nitriles is 1. The third kappa shape index (κ3) is 4.26. The standard InChI is InChI=1S/C16H16N4O5/c1-3-23-15-7-11(6-12(8-17)16(18)21)4-5-14(15)24-9-13-10(2)19-25-20(13)22/h4-7H,3,9H2,1-2H3,(H2,18,21). The lowest BCUT2D eigenvalue weighted by atomic mass is 10.1. The maximum absolute atomic E-state index is 11.4. The third-order valence-electron chi connectivity index (χ3n) is 3.22. The molecule has 2 aromatic rings. The van der Waals surface area contributed by atoms with Gasteiger partial charge in [0.15, 0.2) is 18.1 Å². The highest BCUT2D eigenvalue weighted by atomic mass is 16.8. The van der Waals surface area contributed by atoms with Crippen molar-refractivity contribution in [2.24, 2.45) is 5.73 Å². The summed E-state index contributed by atoms with van der Waals surface area (Å²) in [6.07, 6.45) is 1.35. The zero-order valence-corrected chi connectivity index (χ0v) is 13.7. The van der Waals surface area contributed by atoms with Crippen molar-refractivity contribution >= 4 is 12.0 Å². The molecule has 1 aromatic carbocycles. The summed E-state index contributed by atoms with van der Waals surface area (Å²) in [6, 6.07) is 6.56. The lowest BCUT2D eigenvalue weighted by Gasteiger charge is -2.12. The number of ether oxygens (including phenoxy) is 2. The molecule has 0 bridgehead atoms. The molecule has 0 aliphatic rings. The first-order valence-electron chi connectivity index (χ1n) is 7.32. The second-order valence-corrected chi connectivity index (χ2v) is 4.92. The fourth-order valence-corrected chi connectivity index (χ4v) is 1.96. The summed E-state index contributed by atoms with van der Waals surface area (Å²) in [5.74, 6) is -0.0366. The Morgan fingerprint density at radius 1 is 1.48 bits per heavy atom. The van der Waals surface area contributed by atoms with Gasteiger partial charge in [-0.3, -0.25) is 9.42 Å². The minimum Gasteiger partial charge on any atom is -0.490 e. The summed E-state index contributed by atoms with van der Waals surface area (Å²) < 4.78 is 15.6. The van der Waals surface area contributed by atoms with Crippen LogP contribution < -0.4 is 20.1 Å². The van der Waals surface area contributed by atoms with Crippen LogP contribution in [-0.4, -0.2) is 17.7 Å². The van der Waals surface area contributed by atoms with Gasteiger partial charge in [0.05, 0.1) is 6.61 Å². The fourth-order valence-electron chi connectivity index (χ4n) is 1.96. The number of nitrogens with zero attached hydrogens (tertiary/aromatic N) is 3. The van der Waals surface area contributed by atoms with E-state index in [1.165, 1.54) is 6.08 Å². The molecule has 0 saturated heterocycles. The van der Waals surface area contributed by atoms with Crippen molar-refractivity contribution in [2.45, 2.75) is 20.5 Å². The van der Waals surface area contributed by atoms with Gasteiger partial charge in [-0.15, -0.1) is 0 Å². The van der Waals surface area contributed by atoms with Gasteiger partial charge < -0.3 is 20.4 Å². The lowest BCUT2D eigenvalue weighted by Crippen LogP contribution is -2.29. The van der Waals surface area contributed by atoms with Gasteiger partial charge in [0.1, 0.15) is 11.6 Å². The number of hydrogen-bond donors (Lipinski definition) is 1. The Labute approximate surface area is 143 Å². The van der Waals surface area contributed by atoms with Gasteiger partial charge in [-0.05, 0) is 35.6 Å². The topological polar surface area (TPSA) is 138 Å². The highest BCUT2D eigenvalue weighted by molar-refractivity contribution is 6.00. The number of rotatable bonds is 7. The second-order valence-electron chi connectivity index (χ2n) is 4.92. The molecule has 0 radical (unpaired) electrons. The van der Waals surface area contributed by atoms with Crippen LogP contribution in [0.1, 0.15) is 23.9 Å². The summed E-state index contributed by atoms with van der Waals surface area (Å²) in [7, 11) is 0. The van der Waals surface area contributed by atoms with Crippen LogP contribution in [0, 0.1) is 23.5 Å². The molecule has 1 heterocycles. The Bertz CT molecular complexity index is 831. The SMILES string of the molecule is CCOc1cc(C=C(C#N)C(N)=O)ccc1OCc1c(C)no[n+]1[O-]. The quantitative estimate of drug-likeness (QED) is 0.449. The molecular weight excluding hydrogens is 328 g/mol. The van der Waals surface area contributed by atoms with Gasteiger partial charge in [0.25, 0.3) is 5.91 Å². The van der Waals surface area contributed by atoms with Gasteiger partial charge in [-0.25, -0.2) is 0 Å². The first kappa shape index (κ1) is 17.8. The zero-order chi connectivity index (χ0) is 18.4. The number of amides is 1. The Kier molecular flexibility index (Phi) is 5.58. The molecule has 0 spiro atoms. The summed E-state index contributed by atoms with van der Waals surface area (Å²) in [5, 5.41) is 23.9. The van der Waals surface area contributed by atoms with Crippen molar-refractivity contribution < 1.29 is 23.8 Å². The predicted molar refractivity (Wildman–Crippen MR) is 84.9 cm³/mol. The second kappa shape index (κ2) is 7.83. The van der Waals surface area contributed by atoms with Crippen molar-refractivity contribution in [3.63, 3.8) is 0 Å². The molecule has 1 amide bonds. The first-order valence-corrected chi connectivity index (χ1v) is 7.32. The van der Waals surface area contributed by atoms with E-state index < -0.39 is 5.91 Å². The largest absolute Gasteiger partial charge is 0.490 e. The van der Waals surface area contributed by atoms with Gasteiger partial charge in [0.2, 0.25) is 11.4 Å². The number of carbonyl (C=O) groups is 1. The molecule has 1 aromatic heterocycles. The van der Waals surface area contributed by atoms with Crippen LogP contribution in [0.4, 0.5) is 0 Å². The normalized spacial score (nSPS) is 11.0. The van der Waals surface area contributed by atoms with Crippen molar-refractivity contribution in [1.82, 2.24) is 5.16 Å². The van der Waals surface area contributed by atoms with E-state index >= 15 is 0 Å². The van der Waals surface area contributed by atoms with Crippen molar-refractivity contribution in [1.29, 1.82) is 5.26 Å². The maximum atomic E-state index is 11.4. The molecule has 9 nitrogen and oxygen atoms in total. The highest BCUT2D eigenvalue weighted by Gasteiger charge is 2.16. The fraction of sp³-hybridized carbons (Fsp3) is 0.250. The van der Waals surface area contributed by atoms with Crippen LogP contribution in [0.2, 0.25) is 0 Å². The molecule has 9 heteroatoms. The van der Waals surface area contributed by atoms with E-state index in [-0.39, 0.29) is 22.8 Å². The van der Waals surface area contributed by atoms with E-state index in [1.54, 1.807) is 38.1 Å². The molecule has 0 saturated carbocycles. The third-order valence-corrected chi connectivity index (χ3v) is 3.22. The number of aromatic nitrogens is 2. The smallest absolute Gasteiger partial charge is 0.259 e.